The van der Waals surface area contributed by atoms with Gasteiger partial charge in [-0.25, -0.2) is 9.97 Å². The molecule has 0 saturated heterocycles. The first-order valence-electron chi connectivity index (χ1n) is 4.38. The molecular weight excluding hydrogens is 150 g/mol. The van der Waals surface area contributed by atoms with Crippen LogP contribution in [0.3, 0.4) is 0 Å². The molecule has 0 amide bonds. The second-order valence-corrected chi connectivity index (χ2v) is 3.31. The van der Waals surface area contributed by atoms with Crippen LogP contribution in [-0.2, 0) is 0 Å². The highest BCUT2D eigenvalue weighted by Gasteiger charge is 2.20. The topological polar surface area (TPSA) is 37.8 Å². The normalized spacial score (nSPS) is 16.1. The number of aromatic nitrogens is 2. The Labute approximate surface area is 72.2 Å². The van der Waals surface area contributed by atoms with Gasteiger partial charge in [-0.3, -0.25) is 0 Å². The summed E-state index contributed by atoms with van der Waals surface area (Å²) in [5.74, 6) is 2.67. The minimum absolute atomic E-state index is 0.829. The maximum Gasteiger partial charge on any atom is 0.129 e. The molecule has 1 fully saturated rings. The van der Waals surface area contributed by atoms with Gasteiger partial charge in [-0.05, 0) is 31.7 Å². The first-order valence-corrected chi connectivity index (χ1v) is 4.38. The second kappa shape index (κ2) is 3.09. The molecule has 1 aromatic heterocycles. The highest BCUT2D eigenvalue weighted by Crippen LogP contribution is 2.28. The van der Waals surface area contributed by atoms with Crippen molar-refractivity contribution in [1.29, 1.82) is 0 Å². The van der Waals surface area contributed by atoms with Crippen LogP contribution in [-0.4, -0.2) is 16.5 Å². The molecule has 1 heterocycles. The monoisotopic (exact) mass is 163 g/mol. The van der Waals surface area contributed by atoms with Crippen LogP contribution in [0, 0.1) is 12.8 Å². The Morgan fingerprint density at radius 1 is 1.58 bits per heavy atom. The zero-order valence-electron chi connectivity index (χ0n) is 7.25. The molecule has 0 spiro atoms. The van der Waals surface area contributed by atoms with Crippen molar-refractivity contribution in [3.63, 3.8) is 0 Å². The predicted octanol–water partition coefficient (Wildman–Crippen LogP) is 1.61. The van der Waals surface area contributed by atoms with Gasteiger partial charge >= 0.3 is 0 Å². The second-order valence-electron chi connectivity index (χ2n) is 3.31. The van der Waals surface area contributed by atoms with Gasteiger partial charge in [0.25, 0.3) is 0 Å². The van der Waals surface area contributed by atoms with Crippen molar-refractivity contribution in [3.8, 4) is 0 Å². The summed E-state index contributed by atoms with van der Waals surface area (Å²) in [4.78, 5) is 8.28. The predicted molar refractivity (Wildman–Crippen MR) is 48.0 cm³/mol. The van der Waals surface area contributed by atoms with Gasteiger partial charge in [0.2, 0.25) is 0 Å². The number of anilines is 1. The van der Waals surface area contributed by atoms with Crippen LogP contribution >= 0.6 is 0 Å². The van der Waals surface area contributed by atoms with Crippen LogP contribution in [0.2, 0.25) is 0 Å². The molecule has 0 aliphatic heterocycles. The van der Waals surface area contributed by atoms with E-state index in [-0.39, 0.29) is 0 Å². The Morgan fingerprint density at radius 2 is 2.42 bits per heavy atom. The Balaban J connectivity index is 1.92. The first-order chi connectivity index (χ1) is 5.84. The van der Waals surface area contributed by atoms with Gasteiger partial charge in [-0.2, -0.15) is 0 Å². The maximum atomic E-state index is 4.25. The highest BCUT2D eigenvalue weighted by atomic mass is 15.0. The van der Waals surface area contributed by atoms with Crippen LogP contribution in [0.4, 0.5) is 5.82 Å². The van der Waals surface area contributed by atoms with Crippen molar-refractivity contribution in [3.05, 3.63) is 18.1 Å². The van der Waals surface area contributed by atoms with E-state index in [1.165, 1.54) is 12.8 Å². The third kappa shape index (κ3) is 1.94. The fraction of sp³-hybridized carbons (Fsp3) is 0.556. The van der Waals surface area contributed by atoms with Crippen LogP contribution in [0.25, 0.3) is 0 Å². The van der Waals surface area contributed by atoms with Gasteiger partial charge in [-0.1, -0.05) is 0 Å². The molecule has 3 nitrogen and oxygen atoms in total. The van der Waals surface area contributed by atoms with Gasteiger partial charge in [-0.15, -0.1) is 0 Å². The molecule has 12 heavy (non-hydrogen) atoms. The minimum Gasteiger partial charge on any atom is -0.370 e. The summed E-state index contributed by atoms with van der Waals surface area (Å²) in [6, 6.07) is 1.91. The molecule has 0 atom stereocenters. The average molecular weight is 163 g/mol. The quantitative estimate of drug-likeness (QED) is 0.735. The van der Waals surface area contributed by atoms with E-state index in [0.29, 0.717) is 0 Å². The summed E-state index contributed by atoms with van der Waals surface area (Å²) in [6.45, 7) is 2.97. The van der Waals surface area contributed by atoms with E-state index < -0.39 is 0 Å². The van der Waals surface area contributed by atoms with Crippen molar-refractivity contribution in [2.45, 2.75) is 19.8 Å². The van der Waals surface area contributed by atoms with Crippen LogP contribution < -0.4 is 5.32 Å². The molecule has 1 aliphatic rings. The summed E-state index contributed by atoms with van der Waals surface area (Å²) >= 11 is 0. The molecule has 0 bridgehead atoms. The van der Waals surface area contributed by atoms with Crippen LogP contribution in [0.1, 0.15) is 18.7 Å². The third-order valence-corrected chi connectivity index (χ3v) is 2.04. The lowest BCUT2D eigenvalue weighted by atomic mass is 10.4. The molecule has 64 valence electrons. The molecule has 1 N–H and O–H groups in total. The molecule has 1 aromatic rings. The summed E-state index contributed by atoms with van der Waals surface area (Å²) in [5.41, 5.74) is 0. The summed E-state index contributed by atoms with van der Waals surface area (Å²) < 4.78 is 0. The summed E-state index contributed by atoms with van der Waals surface area (Å²) in [6.07, 6.45) is 4.53. The van der Waals surface area contributed by atoms with E-state index in [2.05, 4.69) is 15.3 Å². The number of nitrogens with zero attached hydrogens (tertiary/aromatic N) is 2. The molecule has 1 saturated carbocycles. The van der Waals surface area contributed by atoms with Gasteiger partial charge in [0.15, 0.2) is 0 Å². The van der Waals surface area contributed by atoms with Gasteiger partial charge in [0.05, 0.1) is 0 Å². The first kappa shape index (κ1) is 7.53. The number of hydrogen-bond donors (Lipinski definition) is 1. The highest BCUT2D eigenvalue weighted by molar-refractivity contribution is 5.32. The van der Waals surface area contributed by atoms with Crippen molar-refractivity contribution >= 4 is 5.82 Å². The molecule has 0 radical (unpaired) electrons. The van der Waals surface area contributed by atoms with E-state index >= 15 is 0 Å². The largest absolute Gasteiger partial charge is 0.370 e. The van der Waals surface area contributed by atoms with E-state index in [9.17, 15) is 0 Å². The number of nitrogens with one attached hydrogen (secondary N) is 1. The Kier molecular flexibility index (Phi) is 1.94. The standard InChI is InChI=1S/C9H13N3/c1-7-10-5-4-9(12-7)11-6-8-2-3-8/h4-5,8H,2-3,6H2,1H3,(H,10,11,12). The molecule has 3 heteroatoms. The molecule has 0 unspecified atom stereocenters. The van der Waals surface area contributed by atoms with Crippen molar-refractivity contribution in [2.24, 2.45) is 5.92 Å². The van der Waals surface area contributed by atoms with Crippen molar-refractivity contribution < 1.29 is 0 Å². The van der Waals surface area contributed by atoms with E-state index in [4.69, 9.17) is 0 Å². The van der Waals surface area contributed by atoms with E-state index in [0.717, 1.165) is 24.1 Å². The zero-order valence-corrected chi connectivity index (χ0v) is 7.25. The lowest BCUT2D eigenvalue weighted by Crippen LogP contribution is -2.05. The Morgan fingerprint density at radius 3 is 3.08 bits per heavy atom. The maximum absolute atomic E-state index is 4.25. The van der Waals surface area contributed by atoms with E-state index in [1.807, 2.05) is 13.0 Å². The molecule has 0 aromatic carbocycles. The van der Waals surface area contributed by atoms with Crippen molar-refractivity contribution in [1.82, 2.24) is 9.97 Å². The molecule has 1 aliphatic carbocycles. The van der Waals surface area contributed by atoms with Gasteiger partial charge in [0.1, 0.15) is 11.6 Å². The number of aryl methyl sites for hydroxylation is 1. The summed E-state index contributed by atoms with van der Waals surface area (Å²) in [5, 5.41) is 3.30. The lowest BCUT2D eigenvalue weighted by molar-refractivity contribution is 0.877. The zero-order chi connectivity index (χ0) is 8.39. The lowest BCUT2D eigenvalue weighted by Gasteiger charge is -2.03. The van der Waals surface area contributed by atoms with Crippen molar-refractivity contribution in [2.75, 3.05) is 11.9 Å². The van der Waals surface area contributed by atoms with Gasteiger partial charge in [0, 0.05) is 12.7 Å². The fourth-order valence-electron chi connectivity index (χ4n) is 1.13. The van der Waals surface area contributed by atoms with Crippen LogP contribution in [0.15, 0.2) is 12.3 Å². The van der Waals surface area contributed by atoms with Crippen LogP contribution in [0.5, 0.6) is 0 Å². The Hall–Kier alpha value is -1.12. The number of hydrogen-bond acceptors (Lipinski definition) is 3. The smallest absolute Gasteiger partial charge is 0.129 e. The number of rotatable bonds is 3. The average Bonchev–Trinajstić information content (AvgIpc) is 2.84. The van der Waals surface area contributed by atoms with E-state index in [1.54, 1.807) is 6.20 Å². The minimum atomic E-state index is 0.829. The third-order valence-electron chi connectivity index (χ3n) is 2.04. The fourth-order valence-corrected chi connectivity index (χ4v) is 1.13. The summed E-state index contributed by atoms with van der Waals surface area (Å²) in [7, 11) is 0. The molecule has 2 rings (SSSR count). The molecular formula is C9H13N3. The van der Waals surface area contributed by atoms with Gasteiger partial charge < -0.3 is 5.32 Å². The Bertz CT molecular complexity index is 268. The SMILES string of the molecule is Cc1nccc(NCC2CC2)n1.